The molecule has 0 amide bonds. The molecule has 0 heterocycles. The molecule has 0 radical (unpaired) electrons. The van der Waals surface area contributed by atoms with Gasteiger partial charge in [-0.25, -0.2) is 25.2 Å². The summed E-state index contributed by atoms with van der Waals surface area (Å²) in [7, 11) is -34.3. The molecule has 0 aliphatic heterocycles. The summed E-state index contributed by atoms with van der Waals surface area (Å²) < 4.78 is 236. The third-order valence-electron chi connectivity index (χ3n) is 14.6. The van der Waals surface area contributed by atoms with E-state index in [1.54, 1.807) is 62.4 Å². The average molecular weight is 1530 g/mol. The maximum Gasteiger partial charge on any atom is 0.397 e. The first-order valence-corrected chi connectivity index (χ1v) is 38.7. The van der Waals surface area contributed by atoms with Gasteiger partial charge in [-0.3, -0.25) is 32.2 Å². The van der Waals surface area contributed by atoms with Gasteiger partial charge in [0, 0.05) is 0 Å². The van der Waals surface area contributed by atoms with Gasteiger partial charge in [0.25, 0.3) is 50.4 Å². The topological polar surface area (TPSA) is 574 Å². The van der Waals surface area contributed by atoms with Crippen molar-refractivity contribution >= 4 is 161 Å². The minimum atomic E-state index is -5.38. The van der Waals surface area contributed by atoms with E-state index in [0.29, 0.717) is 41.4 Å². The van der Waals surface area contributed by atoms with Gasteiger partial charge in [-0.1, -0.05) is 24.3 Å². The molecule has 35 nitrogen and oxygen atoms in total. The minimum absolute atomic E-state index is 0.0173. The third kappa shape index (κ3) is 18.5. The Morgan fingerprint density at radius 3 is 1.02 bits per heavy atom. The number of anilines is 4. The molecule has 9 aromatic carbocycles. The Kier molecular flexibility index (Phi) is 21.9. The molecular weight excluding hydrogens is 1470 g/mol. The molecular formula is C59H56N12O23S7. The van der Waals surface area contributed by atoms with E-state index in [2.05, 4.69) is 54.0 Å². The first-order valence-electron chi connectivity index (χ1n) is 28.7. The van der Waals surface area contributed by atoms with E-state index >= 15 is 0 Å². The number of aromatic hydroxyl groups is 2. The zero-order chi connectivity index (χ0) is 74.0. The number of hydrogen-bond acceptors (Lipinski definition) is 28. The highest BCUT2D eigenvalue weighted by molar-refractivity contribution is 7.93. The number of nitrogens with one attached hydrogen (secondary N) is 2. The number of hydrogen-bond donors (Lipinski definition) is 11. The van der Waals surface area contributed by atoms with Crippen molar-refractivity contribution in [2.24, 2.45) is 40.9 Å². The smallest absolute Gasteiger partial charge is 0.397 e. The van der Waals surface area contributed by atoms with Crippen molar-refractivity contribution in [1.82, 2.24) is 0 Å². The zero-order valence-electron chi connectivity index (χ0n) is 52.2. The van der Waals surface area contributed by atoms with E-state index in [9.17, 15) is 82.8 Å². The van der Waals surface area contributed by atoms with Gasteiger partial charge in [-0.2, -0.15) is 62.5 Å². The highest BCUT2D eigenvalue weighted by Crippen LogP contribution is 2.49. The second-order valence-corrected chi connectivity index (χ2v) is 31.6. The number of phenols is 2. The Hall–Kier alpha value is -9.93. The Balaban J connectivity index is 0.902. The summed E-state index contributed by atoms with van der Waals surface area (Å²) >= 11 is 0. The van der Waals surface area contributed by atoms with Crippen LogP contribution in [0.25, 0.3) is 21.5 Å². The summed E-state index contributed by atoms with van der Waals surface area (Å²) in [5, 5.41) is 55.2. The molecule has 532 valence electrons. The van der Waals surface area contributed by atoms with Crippen LogP contribution in [0.3, 0.4) is 0 Å². The summed E-state index contributed by atoms with van der Waals surface area (Å²) in [5.74, 6) is -1.75. The number of rotatable bonds is 27. The fourth-order valence-electron chi connectivity index (χ4n) is 9.87. The first-order chi connectivity index (χ1) is 47.1. The fraction of sp³-hybridized carbons (Fsp3) is 0.153. The lowest BCUT2D eigenvalue weighted by molar-refractivity contribution is 0.263. The number of nitrogens with zero attached hydrogens (tertiary/aromatic N) is 8. The van der Waals surface area contributed by atoms with Crippen LogP contribution in [0.4, 0.5) is 68.2 Å². The average Bonchev–Trinajstić information content (AvgIpc) is 0.757. The highest BCUT2D eigenvalue weighted by Gasteiger charge is 2.29. The third-order valence-corrected chi connectivity index (χ3v) is 21.0. The van der Waals surface area contributed by atoms with Crippen LogP contribution in [-0.4, -0.2) is 105 Å². The van der Waals surface area contributed by atoms with Crippen molar-refractivity contribution in [3.8, 4) is 11.5 Å². The van der Waals surface area contributed by atoms with Crippen molar-refractivity contribution in [1.29, 1.82) is 0 Å². The van der Waals surface area contributed by atoms with Crippen LogP contribution < -0.4 is 20.9 Å². The maximum atomic E-state index is 13.8. The van der Waals surface area contributed by atoms with Gasteiger partial charge >= 0.3 is 20.8 Å². The van der Waals surface area contributed by atoms with E-state index in [-0.39, 0.29) is 87.3 Å². The maximum absolute atomic E-state index is 13.8. The number of aryl methyl sites for hydroxylation is 5. The van der Waals surface area contributed by atoms with Gasteiger partial charge in [0.15, 0.2) is 11.5 Å². The molecule has 9 rings (SSSR count). The lowest BCUT2D eigenvalue weighted by Crippen LogP contribution is -2.17. The molecule has 0 fully saturated rings. The summed E-state index contributed by atoms with van der Waals surface area (Å²) in [6.45, 7) is 3.88. The Labute approximate surface area is 576 Å². The van der Waals surface area contributed by atoms with Crippen molar-refractivity contribution < 1.29 is 100 Å². The predicted octanol–water partition coefficient (Wildman–Crippen LogP) is 12.0. The van der Waals surface area contributed by atoms with Crippen LogP contribution in [0.1, 0.15) is 40.7 Å². The van der Waals surface area contributed by atoms with Crippen LogP contribution in [0.2, 0.25) is 0 Å². The van der Waals surface area contributed by atoms with E-state index in [1.165, 1.54) is 19.1 Å². The van der Waals surface area contributed by atoms with Gasteiger partial charge in [0.1, 0.15) is 37.4 Å². The van der Waals surface area contributed by atoms with Gasteiger partial charge in [0.05, 0.1) is 79.3 Å². The quantitative estimate of drug-likeness (QED) is 0.00985. The van der Waals surface area contributed by atoms with Gasteiger partial charge in [-0.05, 0) is 194 Å². The largest absolute Gasteiger partial charge is 0.505 e. The standard InChI is InChI=1S/C59H56N12O23S7/c1-32-28-46(71-96(76,77)44-22-18-42(19-23-44)65-69-57-49(99(84,85)86)30-38-27-34(3)55(53(61)51(38)59(57)73)67-63-40-14-10-36(11-15-40)7-5-25-94-101(90,91)92)47(97(78,79)80)31-45(32)70-95(74,75)43-20-16-41(17-21-43)64-68-56-48(98(81,82)83)29-37-26-33(2)54(52(60)50(37)58(56)72)66-62-39-12-8-35(9-13-39)6-4-24-93-100(87,88)89/h8-23,26-31,70-73H,4-7,24-25,60-61H2,1-3H3,(H,78,79,80)(H,81,82,83)(H,84,85,86)(H,87,88,89)(H,90,91,92). The normalized spacial score (nSPS) is 13.0. The molecule has 101 heavy (non-hydrogen) atoms. The molecule has 0 aromatic heterocycles. The van der Waals surface area contributed by atoms with E-state index in [1.807, 2.05) is 4.72 Å². The van der Waals surface area contributed by atoms with Crippen molar-refractivity contribution in [3.63, 3.8) is 0 Å². The molecule has 0 saturated heterocycles. The Morgan fingerprint density at radius 2 is 0.693 bits per heavy atom. The zero-order valence-corrected chi connectivity index (χ0v) is 57.9. The fourth-order valence-corrected chi connectivity index (χ4v) is 14.8. The van der Waals surface area contributed by atoms with Crippen molar-refractivity contribution in [3.05, 3.63) is 161 Å². The number of benzene rings is 9. The molecule has 9 aromatic rings. The number of nitrogen functional groups attached to an aromatic ring is 2. The summed E-state index contributed by atoms with van der Waals surface area (Å²) in [5.41, 5.74) is 12.3. The van der Waals surface area contributed by atoms with Gasteiger partial charge < -0.3 is 21.7 Å². The molecule has 0 aliphatic carbocycles. The molecule has 0 bridgehead atoms. The number of azo groups is 4. The molecule has 0 aliphatic rings. The van der Waals surface area contributed by atoms with E-state index < -0.39 is 130 Å². The summed E-state index contributed by atoms with van der Waals surface area (Å²) in [6, 6.07) is 27.5. The number of fused-ring (bicyclic) bond motifs is 2. The molecule has 42 heteroatoms. The van der Waals surface area contributed by atoms with Crippen LogP contribution in [0.15, 0.2) is 199 Å². The predicted molar refractivity (Wildman–Crippen MR) is 366 cm³/mol. The van der Waals surface area contributed by atoms with Gasteiger partial charge in [-0.15, -0.1) is 20.5 Å². The second kappa shape index (κ2) is 29.3. The van der Waals surface area contributed by atoms with Crippen molar-refractivity contribution in [2.75, 3.05) is 34.1 Å². The molecule has 0 spiro atoms. The molecule has 0 unspecified atom stereocenters. The number of phenolic OH excluding ortho intramolecular Hbond substituents is 2. The van der Waals surface area contributed by atoms with E-state index in [0.717, 1.165) is 77.9 Å². The Morgan fingerprint density at radius 1 is 0.376 bits per heavy atom. The second-order valence-electron chi connectivity index (χ2n) is 21.9. The lowest BCUT2D eigenvalue weighted by Gasteiger charge is -2.16. The number of nitrogens with two attached hydrogens (primary N) is 2. The van der Waals surface area contributed by atoms with Gasteiger partial charge in [0.2, 0.25) is 0 Å². The minimum Gasteiger partial charge on any atom is -0.505 e. The monoisotopic (exact) mass is 1520 g/mol. The van der Waals surface area contributed by atoms with E-state index in [4.69, 9.17) is 20.6 Å². The molecule has 0 atom stereocenters. The highest BCUT2D eigenvalue weighted by atomic mass is 32.3. The van der Waals surface area contributed by atoms with Crippen molar-refractivity contribution in [2.45, 2.75) is 70.9 Å². The number of sulfonamides is 2. The first kappa shape index (κ1) is 75.3. The van der Waals surface area contributed by atoms with Crippen LogP contribution >= 0.6 is 0 Å². The van der Waals surface area contributed by atoms with Crippen LogP contribution in [-0.2, 0) is 92.4 Å². The lowest BCUT2D eigenvalue weighted by atomic mass is 10.0. The molecule has 0 saturated carbocycles. The Bertz CT molecular complexity index is 5780. The van der Waals surface area contributed by atoms with Crippen LogP contribution in [0.5, 0.6) is 11.5 Å². The summed E-state index contributed by atoms with van der Waals surface area (Å²) in [6.07, 6.45) is 1.31. The van der Waals surface area contributed by atoms with Crippen LogP contribution in [0, 0.1) is 20.8 Å². The SMILES string of the molecule is Cc1cc(NS(=O)(=O)c2ccc(N=Nc3c(S(=O)(=O)O)cc4cc(C)c(N=Nc5ccc(CCCOS(=O)(=O)O)cc5)c(N)c4c3O)cc2)c(S(=O)(=O)O)cc1NS(=O)(=O)c1ccc(N=Nc2c(S(=O)(=O)O)cc3cc(C)c(N=Nc4ccc(CCCOS(=O)(=O)O)cc4)c(N)c3c2O)cc1. The summed E-state index contributed by atoms with van der Waals surface area (Å²) in [4.78, 5) is -4.00. The molecule has 13 N–H and O–H groups in total.